The van der Waals surface area contributed by atoms with Gasteiger partial charge < -0.3 is 0 Å². The summed E-state index contributed by atoms with van der Waals surface area (Å²) in [6.07, 6.45) is 3.23. The van der Waals surface area contributed by atoms with Crippen molar-refractivity contribution in [2.45, 2.75) is 38.1 Å². The summed E-state index contributed by atoms with van der Waals surface area (Å²) in [6, 6.07) is 2.22. The van der Waals surface area contributed by atoms with Gasteiger partial charge >= 0.3 is 0 Å². The van der Waals surface area contributed by atoms with E-state index in [-0.39, 0.29) is 0 Å². The van der Waals surface area contributed by atoms with Crippen molar-refractivity contribution in [2.24, 2.45) is 7.05 Å². The lowest BCUT2D eigenvalue weighted by atomic mass is 10.1. The third-order valence-electron chi connectivity index (χ3n) is 3.29. The van der Waals surface area contributed by atoms with Crippen LogP contribution in [0, 0.1) is 0 Å². The molecule has 2 rings (SSSR count). The molecule has 0 saturated carbocycles. The Kier molecular flexibility index (Phi) is 3.87. The molecule has 0 bridgehead atoms. The quantitative estimate of drug-likeness (QED) is 0.757. The highest BCUT2D eigenvalue weighted by atomic mass is 35.5. The third kappa shape index (κ3) is 2.77. The summed E-state index contributed by atoms with van der Waals surface area (Å²) in [5, 5.41) is 4.86. The maximum Gasteiger partial charge on any atom is 0.0625 e. The van der Waals surface area contributed by atoms with Gasteiger partial charge in [0.05, 0.1) is 11.4 Å². The van der Waals surface area contributed by atoms with Crippen LogP contribution in [0.1, 0.15) is 31.2 Å². The number of nitrogens with zero attached hydrogens (tertiary/aromatic N) is 3. The Morgan fingerprint density at radius 1 is 1.44 bits per heavy atom. The fraction of sp³-hybridized carbons (Fsp3) is 0.750. The van der Waals surface area contributed by atoms with Crippen molar-refractivity contribution in [1.29, 1.82) is 0 Å². The minimum Gasteiger partial charge on any atom is -0.297 e. The number of likely N-dealkylation sites (tertiary alicyclic amines) is 1. The monoisotopic (exact) mass is 241 g/mol. The summed E-state index contributed by atoms with van der Waals surface area (Å²) in [6.45, 7) is 5.37. The molecular weight excluding hydrogens is 222 g/mol. The van der Waals surface area contributed by atoms with E-state index >= 15 is 0 Å². The van der Waals surface area contributed by atoms with E-state index in [1.165, 1.54) is 11.4 Å². The number of alkyl halides is 1. The second-order valence-electron chi connectivity index (χ2n) is 4.55. The first-order chi connectivity index (χ1) is 7.69. The van der Waals surface area contributed by atoms with Gasteiger partial charge in [0.1, 0.15) is 0 Å². The largest absolute Gasteiger partial charge is 0.297 e. The summed E-state index contributed by atoms with van der Waals surface area (Å²) in [5.74, 6) is 0. The number of halogens is 1. The molecule has 0 aromatic carbocycles. The van der Waals surface area contributed by atoms with Crippen molar-refractivity contribution in [3.05, 3.63) is 17.5 Å². The van der Waals surface area contributed by atoms with E-state index in [4.69, 9.17) is 11.6 Å². The molecule has 0 amide bonds. The maximum atomic E-state index is 6.10. The van der Waals surface area contributed by atoms with Gasteiger partial charge in [-0.3, -0.25) is 9.58 Å². The van der Waals surface area contributed by atoms with Crippen molar-refractivity contribution < 1.29 is 0 Å². The molecule has 1 aliphatic heterocycles. The SMILES string of the molecule is CCc1cc(CN2CCC(Cl)CC2)n(C)n1. The number of hydrogen-bond acceptors (Lipinski definition) is 2. The minimum absolute atomic E-state index is 0.383. The Labute approximate surface area is 102 Å². The molecule has 0 radical (unpaired) electrons. The molecule has 1 aromatic heterocycles. The molecule has 1 saturated heterocycles. The predicted octanol–water partition coefficient (Wildman–Crippen LogP) is 2.19. The Balaban J connectivity index is 1.95. The van der Waals surface area contributed by atoms with Crippen LogP contribution in [0.3, 0.4) is 0 Å². The van der Waals surface area contributed by atoms with Crippen LogP contribution in [0.15, 0.2) is 6.07 Å². The van der Waals surface area contributed by atoms with Crippen LogP contribution in [-0.4, -0.2) is 33.1 Å². The second-order valence-corrected chi connectivity index (χ2v) is 5.17. The Bertz CT molecular complexity index is 340. The zero-order chi connectivity index (χ0) is 11.5. The first-order valence-electron chi connectivity index (χ1n) is 6.07. The molecule has 1 fully saturated rings. The fourth-order valence-electron chi connectivity index (χ4n) is 2.18. The molecule has 2 heterocycles. The van der Waals surface area contributed by atoms with Crippen molar-refractivity contribution >= 4 is 11.6 Å². The number of aromatic nitrogens is 2. The van der Waals surface area contributed by atoms with Crippen molar-refractivity contribution in [3.63, 3.8) is 0 Å². The number of hydrogen-bond donors (Lipinski definition) is 0. The van der Waals surface area contributed by atoms with Gasteiger partial charge in [-0.05, 0) is 38.4 Å². The highest BCUT2D eigenvalue weighted by Crippen LogP contribution is 2.17. The lowest BCUT2D eigenvalue weighted by Gasteiger charge is -2.28. The van der Waals surface area contributed by atoms with Crippen molar-refractivity contribution in [1.82, 2.24) is 14.7 Å². The van der Waals surface area contributed by atoms with E-state index in [2.05, 4.69) is 23.0 Å². The summed E-state index contributed by atoms with van der Waals surface area (Å²) in [7, 11) is 2.03. The van der Waals surface area contributed by atoms with E-state index in [1.54, 1.807) is 0 Å². The van der Waals surface area contributed by atoms with E-state index < -0.39 is 0 Å². The molecule has 1 aromatic rings. The van der Waals surface area contributed by atoms with Gasteiger partial charge in [0, 0.05) is 19.0 Å². The second kappa shape index (κ2) is 5.19. The lowest BCUT2D eigenvalue weighted by Crippen LogP contribution is -2.34. The van der Waals surface area contributed by atoms with E-state index in [0.29, 0.717) is 5.38 Å². The van der Waals surface area contributed by atoms with Gasteiger partial charge in [-0.2, -0.15) is 5.10 Å². The lowest BCUT2D eigenvalue weighted by molar-refractivity contribution is 0.218. The molecule has 4 heteroatoms. The van der Waals surface area contributed by atoms with Gasteiger partial charge in [0.2, 0.25) is 0 Å². The molecule has 0 spiro atoms. The maximum absolute atomic E-state index is 6.10. The highest BCUT2D eigenvalue weighted by molar-refractivity contribution is 6.20. The number of rotatable bonds is 3. The Hall–Kier alpha value is -0.540. The first kappa shape index (κ1) is 11.9. The van der Waals surface area contributed by atoms with Gasteiger partial charge in [0.25, 0.3) is 0 Å². The van der Waals surface area contributed by atoms with Crippen LogP contribution in [0.25, 0.3) is 0 Å². The van der Waals surface area contributed by atoms with Gasteiger partial charge in [0.15, 0.2) is 0 Å². The summed E-state index contributed by atoms with van der Waals surface area (Å²) in [4.78, 5) is 2.47. The number of piperidine rings is 1. The molecule has 90 valence electrons. The topological polar surface area (TPSA) is 21.1 Å². The van der Waals surface area contributed by atoms with E-state index in [1.807, 2.05) is 11.7 Å². The van der Waals surface area contributed by atoms with Crippen molar-refractivity contribution in [2.75, 3.05) is 13.1 Å². The zero-order valence-corrected chi connectivity index (χ0v) is 10.9. The predicted molar refractivity (Wildman–Crippen MR) is 66.7 cm³/mol. The van der Waals surface area contributed by atoms with Crippen LogP contribution < -0.4 is 0 Å². The molecule has 0 atom stereocenters. The summed E-state index contributed by atoms with van der Waals surface area (Å²) >= 11 is 6.10. The summed E-state index contributed by atoms with van der Waals surface area (Å²) in [5.41, 5.74) is 2.50. The van der Waals surface area contributed by atoms with Gasteiger partial charge in [-0.1, -0.05) is 6.92 Å². The Morgan fingerprint density at radius 3 is 2.69 bits per heavy atom. The van der Waals surface area contributed by atoms with Crippen LogP contribution >= 0.6 is 11.6 Å². The molecule has 3 nitrogen and oxygen atoms in total. The average molecular weight is 242 g/mol. The molecule has 0 N–H and O–H groups in total. The van der Waals surface area contributed by atoms with E-state index in [9.17, 15) is 0 Å². The highest BCUT2D eigenvalue weighted by Gasteiger charge is 2.18. The van der Waals surface area contributed by atoms with E-state index in [0.717, 1.165) is 38.9 Å². The van der Waals surface area contributed by atoms with Gasteiger partial charge in [-0.15, -0.1) is 11.6 Å². The molecule has 0 aliphatic carbocycles. The smallest absolute Gasteiger partial charge is 0.0625 e. The molecular formula is C12H20ClN3. The zero-order valence-electron chi connectivity index (χ0n) is 10.1. The van der Waals surface area contributed by atoms with Gasteiger partial charge in [-0.25, -0.2) is 0 Å². The standard InChI is InChI=1S/C12H20ClN3/c1-3-11-8-12(15(2)14-11)9-16-6-4-10(13)5-7-16/h8,10H,3-7,9H2,1-2H3. The first-order valence-corrected chi connectivity index (χ1v) is 6.51. The third-order valence-corrected chi connectivity index (χ3v) is 3.73. The number of aryl methyl sites for hydroxylation is 2. The molecule has 1 aliphatic rings. The fourth-order valence-corrected chi connectivity index (χ4v) is 2.38. The molecule has 16 heavy (non-hydrogen) atoms. The summed E-state index contributed by atoms with van der Waals surface area (Å²) < 4.78 is 2.01. The van der Waals surface area contributed by atoms with Crippen LogP contribution in [-0.2, 0) is 20.0 Å². The average Bonchev–Trinajstić information content (AvgIpc) is 2.63. The molecule has 0 unspecified atom stereocenters. The van der Waals surface area contributed by atoms with Crippen LogP contribution in [0.5, 0.6) is 0 Å². The minimum atomic E-state index is 0.383. The Morgan fingerprint density at radius 2 is 2.12 bits per heavy atom. The van der Waals surface area contributed by atoms with Crippen LogP contribution in [0.2, 0.25) is 0 Å². The van der Waals surface area contributed by atoms with Crippen LogP contribution in [0.4, 0.5) is 0 Å². The van der Waals surface area contributed by atoms with Crippen molar-refractivity contribution in [3.8, 4) is 0 Å². The normalized spacial score (nSPS) is 19.2.